The average Bonchev–Trinajstić information content (AvgIpc) is 2.53. The molecule has 7 heteroatoms. The predicted molar refractivity (Wildman–Crippen MR) is 77.8 cm³/mol. The normalized spacial score (nSPS) is 20.0. The molecule has 1 unspecified atom stereocenters. The molecular weight excluding hydrogens is 311 g/mol. The first-order valence-corrected chi connectivity index (χ1v) is 7.42. The topological polar surface area (TPSA) is 49.8 Å². The Morgan fingerprint density at radius 2 is 1.87 bits per heavy atom. The van der Waals surface area contributed by atoms with Crippen LogP contribution in [0.1, 0.15) is 18.4 Å². The van der Waals surface area contributed by atoms with Crippen molar-refractivity contribution < 1.29 is 27.8 Å². The fourth-order valence-electron chi connectivity index (χ4n) is 2.82. The molecule has 1 saturated heterocycles. The summed E-state index contributed by atoms with van der Waals surface area (Å²) in [4.78, 5) is 13.7. The Kier molecular flexibility index (Phi) is 5.31. The summed E-state index contributed by atoms with van der Waals surface area (Å²) in [6.07, 6.45) is -5.19. The number of methoxy groups -OCH3 is 1. The van der Waals surface area contributed by atoms with Crippen LogP contribution in [0, 0.1) is 0 Å². The van der Waals surface area contributed by atoms with Crippen LogP contribution in [0.2, 0.25) is 0 Å². The molecule has 128 valence electrons. The van der Waals surface area contributed by atoms with Gasteiger partial charge in [-0.25, -0.2) is 0 Å². The van der Waals surface area contributed by atoms with Gasteiger partial charge in [0.05, 0.1) is 7.11 Å². The maximum Gasteiger partial charge on any atom is 0.417 e. The first-order chi connectivity index (χ1) is 10.8. The van der Waals surface area contributed by atoms with E-state index in [1.807, 2.05) is 30.3 Å². The number of alkyl halides is 3. The van der Waals surface area contributed by atoms with Crippen LogP contribution in [0.4, 0.5) is 13.2 Å². The molecular formula is C16H20F3NO3. The molecule has 0 radical (unpaired) electrons. The van der Waals surface area contributed by atoms with E-state index in [2.05, 4.69) is 0 Å². The zero-order valence-electron chi connectivity index (χ0n) is 12.8. The number of carbonyl (C=O) groups is 1. The van der Waals surface area contributed by atoms with Gasteiger partial charge in [-0.05, 0) is 24.8 Å². The molecule has 1 atom stereocenters. The van der Waals surface area contributed by atoms with Gasteiger partial charge in [-0.2, -0.15) is 13.2 Å². The molecule has 1 N–H and O–H groups in total. The van der Waals surface area contributed by atoms with Crippen LogP contribution in [0.25, 0.3) is 0 Å². The summed E-state index contributed by atoms with van der Waals surface area (Å²) in [7, 11) is 1.26. The van der Waals surface area contributed by atoms with Crippen molar-refractivity contribution in [2.75, 3.05) is 20.2 Å². The lowest BCUT2D eigenvalue weighted by molar-refractivity contribution is -0.273. The van der Waals surface area contributed by atoms with Gasteiger partial charge >= 0.3 is 12.1 Å². The van der Waals surface area contributed by atoms with E-state index in [4.69, 9.17) is 4.74 Å². The van der Waals surface area contributed by atoms with E-state index in [0.717, 1.165) is 5.56 Å². The van der Waals surface area contributed by atoms with Gasteiger partial charge in [0.1, 0.15) is 6.04 Å². The minimum absolute atomic E-state index is 0.0113. The SMILES string of the molecule is COC(=O)C(Cc1ccccc1)N1CCC(O)(C(F)(F)F)CC1. The summed E-state index contributed by atoms with van der Waals surface area (Å²) in [6, 6.07) is 8.57. The maximum absolute atomic E-state index is 12.9. The Hall–Kier alpha value is -1.60. The van der Waals surface area contributed by atoms with Crippen molar-refractivity contribution in [3.63, 3.8) is 0 Å². The van der Waals surface area contributed by atoms with Crippen LogP contribution in [0.3, 0.4) is 0 Å². The zero-order valence-corrected chi connectivity index (χ0v) is 12.8. The molecule has 4 nitrogen and oxygen atoms in total. The number of ether oxygens (including phenoxy) is 1. The number of carbonyl (C=O) groups excluding carboxylic acids is 1. The Morgan fingerprint density at radius 3 is 2.35 bits per heavy atom. The van der Waals surface area contributed by atoms with E-state index in [9.17, 15) is 23.1 Å². The van der Waals surface area contributed by atoms with Crippen LogP contribution in [-0.2, 0) is 16.0 Å². The standard InChI is InChI=1S/C16H20F3NO3/c1-23-14(21)13(11-12-5-3-2-4-6-12)20-9-7-15(22,8-10-20)16(17,18)19/h2-6,13,22H,7-11H2,1H3. The number of benzene rings is 1. The smallest absolute Gasteiger partial charge is 0.417 e. The van der Waals surface area contributed by atoms with Crippen molar-refractivity contribution in [1.29, 1.82) is 0 Å². The molecule has 0 aromatic heterocycles. The highest BCUT2D eigenvalue weighted by Crippen LogP contribution is 2.38. The fraction of sp³-hybridized carbons (Fsp3) is 0.562. The second kappa shape index (κ2) is 6.88. The lowest BCUT2D eigenvalue weighted by Gasteiger charge is -2.41. The number of likely N-dealkylation sites (tertiary alicyclic amines) is 1. The van der Waals surface area contributed by atoms with Gasteiger partial charge in [0.25, 0.3) is 0 Å². The van der Waals surface area contributed by atoms with Crippen molar-refractivity contribution in [2.24, 2.45) is 0 Å². The zero-order chi connectivity index (χ0) is 17.1. The van der Waals surface area contributed by atoms with Crippen LogP contribution >= 0.6 is 0 Å². The van der Waals surface area contributed by atoms with Crippen LogP contribution < -0.4 is 0 Å². The second-order valence-corrected chi connectivity index (χ2v) is 5.79. The molecule has 0 aliphatic carbocycles. The number of hydrogen-bond acceptors (Lipinski definition) is 4. The minimum Gasteiger partial charge on any atom is -0.468 e. The molecule has 1 aromatic carbocycles. The lowest BCUT2D eigenvalue weighted by atomic mass is 9.89. The van der Waals surface area contributed by atoms with Crippen molar-refractivity contribution in [3.05, 3.63) is 35.9 Å². The molecule has 0 amide bonds. The van der Waals surface area contributed by atoms with E-state index in [-0.39, 0.29) is 13.1 Å². The summed E-state index contributed by atoms with van der Waals surface area (Å²) in [5.74, 6) is -0.480. The number of halogens is 3. The maximum atomic E-state index is 12.9. The Morgan fingerprint density at radius 1 is 1.30 bits per heavy atom. The summed E-state index contributed by atoms with van der Waals surface area (Å²) in [5, 5.41) is 9.73. The molecule has 1 aliphatic rings. The number of nitrogens with zero attached hydrogens (tertiary/aromatic N) is 1. The minimum atomic E-state index is -4.65. The van der Waals surface area contributed by atoms with Crippen molar-refractivity contribution in [2.45, 2.75) is 37.1 Å². The van der Waals surface area contributed by atoms with Crippen LogP contribution in [-0.4, -0.2) is 54.0 Å². The summed E-state index contributed by atoms with van der Waals surface area (Å²) in [6.45, 7) is -0.0226. The summed E-state index contributed by atoms with van der Waals surface area (Å²) >= 11 is 0. The van der Waals surface area contributed by atoms with Gasteiger partial charge in [0.15, 0.2) is 5.60 Å². The van der Waals surface area contributed by atoms with Gasteiger partial charge in [-0.3, -0.25) is 9.69 Å². The quantitative estimate of drug-likeness (QED) is 0.859. The summed E-state index contributed by atoms with van der Waals surface area (Å²) in [5.41, 5.74) is -1.77. The van der Waals surface area contributed by atoms with Gasteiger partial charge in [-0.1, -0.05) is 30.3 Å². The van der Waals surface area contributed by atoms with Gasteiger partial charge in [0.2, 0.25) is 0 Å². The highest BCUT2D eigenvalue weighted by molar-refractivity contribution is 5.76. The molecule has 1 heterocycles. The second-order valence-electron chi connectivity index (χ2n) is 5.79. The third kappa shape index (κ3) is 4.03. The molecule has 1 fully saturated rings. The van der Waals surface area contributed by atoms with Gasteiger partial charge in [0, 0.05) is 13.1 Å². The van der Waals surface area contributed by atoms with Crippen LogP contribution in [0.15, 0.2) is 30.3 Å². The largest absolute Gasteiger partial charge is 0.468 e. The van der Waals surface area contributed by atoms with Crippen LogP contribution in [0.5, 0.6) is 0 Å². The monoisotopic (exact) mass is 331 g/mol. The molecule has 23 heavy (non-hydrogen) atoms. The van der Waals surface area contributed by atoms with Crippen molar-refractivity contribution in [1.82, 2.24) is 4.90 Å². The number of rotatable bonds is 4. The van der Waals surface area contributed by atoms with Crippen molar-refractivity contribution >= 4 is 5.97 Å². The van der Waals surface area contributed by atoms with Crippen molar-refractivity contribution in [3.8, 4) is 0 Å². The molecule has 0 bridgehead atoms. The van der Waals surface area contributed by atoms with E-state index < -0.39 is 36.6 Å². The van der Waals surface area contributed by atoms with Gasteiger partial charge < -0.3 is 9.84 Å². The first-order valence-electron chi connectivity index (χ1n) is 7.42. The fourth-order valence-corrected chi connectivity index (χ4v) is 2.82. The Balaban J connectivity index is 2.08. The predicted octanol–water partition coefficient (Wildman–Crippen LogP) is 2.16. The average molecular weight is 331 g/mol. The Labute approximate surface area is 132 Å². The number of piperidine rings is 1. The number of esters is 1. The van der Waals surface area contributed by atoms with E-state index in [1.165, 1.54) is 7.11 Å². The van der Waals surface area contributed by atoms with E-state index in [1.54, 1.807) is 4.90 Å². The van der Waals surface area contributed by atoms with E-state index >= 15 is 0 Å². The third-order valence-electron chi connectivity index (χ3n) is 4.34. The molecule has 0 spiro atoms. The van der Waals surface area contributed by atoms with Gasteiger partial charge in [-0.15, -0.1) is 0 Å². The van der Waals surface area contributed by atoms with E-state index in [0.29, 0.717) is 6.42 Å². The third-order valence-corrected chi connectivity index (χ3v) is 4.34. The lowest BCUT2D eigenvalue weighted by Crippen LogP contribution is -2.56. The Bertz CT molecular complexity index is 525. The molecule has 0 saturated carbocycles. The summed E-state index contributed by atoms with van der Waals surface area (Å²) < 4.78 is 43.4. The molecule has 2 rings (SSSR count). The highest BCUT2D eigenvalue weighted by atomic mass is 19.4. The number of aliphatic hydroxyl groups is 1. The first kappa shape index (κ1) is 17.7. The highest BCUT2D eigenvalue weighted by Gasteiger charge is 2.55. The molecule has 1 aromatic rings. The molecule has 1 aliphatic heterocycles. The number of hydrogen-bond donors (Lipinski definition) is 1.